The second kappa shape index (κ2) is 4.65. The number of carbonyl (C=O) groups is 2. The van der Waals surface area contributed by atoms with Crippen molar-refractivity contribution in [2.45, 2.75) is 6.92 Å². The van der Waals surface area contributed by atoms with Crippen molar-refractivity contribution in [1.82, 2.24) is 0 Å². The van der Waals surface area contributed by atoms with Gasteiger partial charge in [-0.05, 0) is 43.3 Å². The largest absolute Gasteiger partial charge is 0.456 e. The molecule has 0 atom stereocenters. The second-order valence-corrected chi connectivity index (χ2v) is 3.60. The summed E-state index contributed by atoms with van der Waals surface area (Å²) in [5.41, 5.74) is 1.19. The Balaban J connectivity index is 2.10. The molecule has 86 valence electrons. The SMILES string of the molecule is Cc1ccc(C(=O)Nc2ccc(C=O)cc2)o1. The number of nitrogens with one attached hydrogen (secondary N) is 1. The van der Waals surface area contributed by atoms with Crippen molar-refractivity contribution in [3.63, 3.8) is 0 Å². The Bertz CT molecular complexity index is 540. The highest BCUT2D eigenvalue weighted by Gasteiger charge is 2.09. The summed E-state index contributed by atoms with van der Waals surface area (Å²) in [6.07, 6.45) is 0.751. The van der Waals surface area contributed by atoms with Gasteiger partial charge in [0.15, 0.2) is 5.76 Å². The fraction of sp³-hybridized carbons (Fsp3) is 0.0769. The van der Waals surface area contributed by atoms with E-state index in [1.807, 2.05) is 0 Å². The molecule has 2 rings (SSSR count). The number of aldehydes is 1. The predicted octanol–water partition coefficient (Wildman–Crippen LogP) is 2.65. The number of amides is 1. The van der Waals surface area contributed by atoms with Gasteiger partial charge < -0.3 is 9.73 Å². The first-order valence-corrected chi connectivity index (χ1v) is 5.12. The Morgan fingerprint density at radius 3 is 2.41 bits per heavy atom. The minimum atomic E-state index is -0.308. The van der Waals surface area contributed by atoms with E-state index in [1.165, 1.54) is 0 Å². The van der Waals surface area contributed by atoms with Gasteiger partial charge in [0.1, 0.15) is 12.0 Å². The molecule has 0 aliphatic heterocycles. The molecule has 0 radical (unpaired) electrons. The van der Waals surface area contributed by atoms with Gasteiger partial charge in [-0.15, -0.1) is 0 Å². The Labute approximate surface area is 98.3 Å². The smallest absolute Gasteiger partial charge is 0.291 e. The molecule has 0 saturated heterocycles. The van der Waals surface area contributed by atoms with Gasteiger partial charge in [-0.1, -0.05) is 0 Å². The van der Waals surface area contributed by atoms with E-state index in [0.717, 1.165) is 6.29 Å². The molecular formula is C13H11NO3. The summed E-state index contributed by atoms with van der Waals surface area (Å²) in [6, 6.07) is 9.94. The van der Waals surface area contributed by atoms with Crippen molar-refractivity contribution in [2.75, 3.05) is 5.32 Å². The zero-order valence-electron chi connectivity index (χ0n) is 9.27. The highest BCUT2D eigenvalue weighted by Crippen LogP contribution is 2.12. The van der Waals surface area contributed by atoms with Crippen molar-refractivity contribution >= 4 is 17.9 Å². The number of hydrogen-bond acceptors (Lipinski definition) is 3. The number of carbonyl (C=O) groups excluding carboxylic acids is 2. The highest BCUT2D eigenvalue weighted by molar-refractivity contribution is 6.02. The number of hydrogen-bond donors (Lipinski definition) is 1. The summed E-state index contributed by atoms with van der Waals surface area (Å²) < 4.78 is 5.19. The zero-order valence-corrected chi connectivity index (χ0v) is 9.27. The molecule has 0 bridgehead atoms. The van der Waals surface area contributed by atoms with Gasteiger partial charge in [0, 0.05) is 11.3 Å². The monoisotopic (exact) mass is 229 g/mol. The van der Waals surface area contributed by atoms with Crippen LogP contribution in [0.15, 0.2) is 40.8 Å². The topological polar surface area (TPSA) is 59.3 Å². The van der Waals surface area contributed by atoms with Crippen LogP contribution in [0.1, 0.15) is 26.7 Å². The van der Waals surface area contributed by atoms with Crippen molar-refractivity contribution < 1.29 is 14.0 Å². The Morgan fingerprint density at radius 2 is 1.88 bits per heavy atom. The van der Waals surface area contributed by atoms with Crippen LogP contribution in [0, 0.1) is 6.92 Å². The van der Waals surface area contributed by atoms with E-state index < -0.39 is 0 Å². The first-order valence-electron chi connectivity index (χ1n) is 5.12. The van der Waals surface area contributed by atoms with E-state index in [0.29, 0.717) is 17.0 Å². The molecule has 0 spiro atoms. The van der Waals surface area contributed by atoms with Gasteiger partial charge in [0.2, 0.25) is 0 Å². The Hall–Kier alpha value is -2.36. The van der Waals surface area contributed by atoms with Gasteiger partial charge in [0.05, 0.1) is 0 Å². The maximum absolute atomic E-state index is 11.7. The summed E-state index contributed by atoms with van der Waals surface area (Å²) in [6.45, 7) is 1.77. The maximum Gasteiger partial charge on any atom is 0.291 e. The lowest BCUT2D eigenvalue weighted by Crippen LogP contribution is -2.10. The van der Waals surface area contributed by atoms with E-state index in [-0.39, 0.29) is 11.7 Å². The van der Waals surface area contributed by atoms with Crippen LogP contribution in [0.4, 0.5) is 5.69 Å². The van der Waals surface area contributed by atoms with Gasteiger partial charge >= 0.3 is 0 Å². The van der Waals surface area contributed by atoms with E-state index in [9.17, 15) is 9.59 Å². The molecule has 0 fully saturated rings. The minimum absolute atomic E-state index is 0.266. The molecule has 0 aliphatic rings. The molecular weight excluding hydrogens is 218 g/mol. The zero-order chi connectivity index (χ0) is 12.3. The van der Waals surface area contributed by atoms with Crippen molar-refractivity contribution in [3.8, 4) is 0 Å². The molecule has 1 aromatic heterocycles. The van der Waals surface area contributed by atoms with Crippen LogP contribution in [0.5, 0.6) is 0 Å². The molecule has 17 heavy (non-hydrogen) atoms. The normalized spacial score (nSPS) is 9.94. The van der Waals surface area contributed by atoms with Crippen LogP contribution < -0.4 is 5.32 Å². The third-order valence-corrected chi connectivity index (χ3v) is 2.27. The van der Waals surface area contributed by atoms with Crippen LogP contribution in [0.25, 0.3) is 0 Å². The van der Waals surface area contributed by atoms with E-state index in [4.69, 9.17) is 4.42 Å². The number of anilines is 1. The van der Waals surface area contributed by atoms with Gasteiger partial charge in [-0.3, -0.25) is 9.59 Å². The maximum atomic E-state index is 11.7. The summed E-state index contributed by atoms with van der Waals surface area (Å²) in [7, 11) is 0. The molecule has 1 aromatic carbocycles. The predicted molar refractivity (Wildman–Crippen MR) is 63.2 cm³/mol. The molecule has 1 N–H and O–H groups in total. The van der Waals surface area contributed by atoms with Crippen LogP contribution >= 0.6 is 0 Å². The van der Waals surface area contributed by atoms with Gasteiger partial charge in [-0.25, -0.2) is 0 Å². The first kappa shape index (κ1) is 11.1. The van der Waals surface area contributed by atoms with Crippen LogP contribution in [-0.2, 0) is 0 Å². The van der Waals surface area contributed by atoms with Crippen LogP contribution in [0.2, 0.25) is 0 Å². The summed E-state index contributed by atoms with van der Waals surface area (Å²) in [5.74, 6) is 0.644. The standard InChI is InChI=1S/C13H11NO3/c1-9-2-7-12(17-9)13(16)14-11-5-3-10(8-15)4-6-11/h2-8H,1H3,(H,14,16). The van der Waals surface area contributed by atoms with Crippen molar-refractivity contribution in [1.29, 1.82) is 0 Å². The second-order valence-electron chi connectivity index (χ2n) is 3.60. The third-order valence-electron chi connectivity index (χ3n) is 2.27. The highest BCUT2D eigenvalue weighted by atomic mass is 16.3. The van der Waals surface area contributed by atoms with Crippen LogP contribution in [-0.4, -0.2) is 12.2 Å². The summed E-state index contributed by atoms with van der Waals surface area (Å²) in [5, 5.41) is 2.67. The Morgan fingerprint density at radius 1 is 1.18 bits per heavy atom. The lowest BCUT2D eigenvalue weighted by Gasteiger charge is -2.02. The van der Waals surface area contributed by atoms with E-state index >= 15 is 0 Å². The molecule has 0 unspecified atom stereocenters. The quantitative estimate of drug-likeness (QED) is 0.823. The summed E-state index contributed by atoms with van der Waals surface area (Å²) >= 11 is 0. The molecule has 0 saturated carbocycles. The average molecular weight is 229 g/mol. The Kier molecular flexibility index (Phi) is 3.05. The lowest BCUT2D eigenvalue weighted by atomic mass is 10.2. The average Bonchev–Trinajstić information content (AvgIpc) is 2.77. The number of aryl methyl sites for hydroxylation is 1. The molecule has 4 nitrogen and oxygen atoms in total. The molecule has 0 aliphatic carbocycles. The molecule has 1 heterocycles. The number of furan rings is 1. The van der Waals surface area contributed by atoms with Crippen LogP contribution in [0.3, 0.4) is 0 Å². The lowest BCUT2D eigenvalue weighted by molar-refractivity contribution is 0.0995. The number of benzene rings is 1. The van der Waals surface area contributed by atoms with E-state index in [2.05, 4.69) is 5.32 Å². The molecule has 1 amide bonds. The van der Waals surface area contributed by atoms with Gasteiger partial charge in [-0.2, -0.15) is 0 Å². The van der Waals surface area contributed by atoms with Gasteiger partial charge in [0.25, 0.3) is 5.91 Å². The minimum Gasteiger partial charge on any atom is -0.456 e. The first-order chi connectivity index (χ1) is 8.19. The van der Waals surface area contributed by atoms with E-state index in [1.54, 1.807) is 43.3 Å². The van der Waals surface area contributed by atoms with Crippen molar-refractivity contribution in [2.24, 2.45) is 0 Å². The molecule has 2 aromatic rings. The molecule has 4 heteroatoms. The third kappa shape index (κ3) is 2.60. The fourth-order valence-corrected chi connectivity index (χ4v) is 1.39. The fourth-order valence-electron chi connectivity index (χ4n) is 1.39. The number of rotatable bonds is 3. The van der Waals surface area contributed by atoms with Crippen molar-refractivity contribution in [3.05, 3.63) is 53.5 Å². The summed E-state index contributed by atoms with van der Waals surface area (Å²) in [4.78, 5) is 22.2.